The van der Waals surface area contributed by atoms with Gasteiger partial charge in [-0.05, 0) is 48.7 Å². The van der Waals surface area contributed by atoms with Crippen molar-refractivity contribution >= 4 is 47.0 Å². The van der Waals surface area contributed by atoms with Gasteiger partial charge in [0.05, 0.1) is 22.8 Å². The van der Waals surface area contributed by atoms with Crippen LogP contribution in [0.2, 0.25) is 5.02 Å². The average Bonchev–Trinajstić information content (AvgIpc) is 3.62. The number of fused-ring (bicyclic) bond motifs is 2. The molecule has 3 N–H and O–H groups in total. The highest BCUT2D eigenvalue weighted by Crippen LogP contribution is 2.46. The second-order valence-corrected chi connectivity index (χ2v) is 10.3. The summed E-state index contributed by atoms with van der Waals surface area (Å²) in [6.07, 6.45) is 0.670. The van der Waals surface area contributed by atoms with Crippen LogP contribution in [-0.2, 0) is 15.1 Å². The molecule has 2 aliphatic heterocycles. The first kappa shape index (κ1) is 25.8. The predicted octanol–water partition coefficient (Wildman–Crippen LogP) is 4.18. The molecule has 0 radical (unpaired) electrons. The average molecular weight is 545 g/mol. The fourth-order valence-corrected chi connectivity index (χ4v) is 5.20. The zero-order chi connectivity index (χ0) is 27.2. The van der Waals surface area contributed by atoms with Crippen molar-refractivity contribution in [2.24, 2.45) is 5.92 Å². The minimum absolute atomic E-state index is 0.0726. The van der Waals surface area contributed by atoms with E-state index in [4.69, 9.17) is 21.4 Å². The maximum absolute atomic E-state index is 15.1. The number of ether oxygens (including phenoxy) is 1. The predicted molar refractivity (Wildman–Crippen MR) is 136 cm³/mol. The van der Waals surface area contributed by atoms with Gasteiger partial charge in [-0.3, -0.25) is 19.8 Å². The van der Waals surface area contributed by atoms with Crippen LogP contribution in [-0.4, -0.2) is 60.2 Å². The molecule has 2 atom stereocenters. The second-order valence-electron chi connectivity index (χ2n) is 9.90. The minimum atomic E-state index is -1.39. The first-order valence-electron chi connectivity index (χ1n) is 12.2. The number of carbonyl (C=O) groups is 4. The zero-order valence-electron chi connectivity index (χ0n) is 20.5. The molecular formula is C26H26ClFN4O6. The first-order chi connectivity index (χ1) is 18.1. The third-order valence-electron chi connectivity index (χ3n) is 7.29. The lowest BCUT2D eigenvalue weighted by Gasteiger charge is -2.36. The lowest BCUT2D eigenvalue weighted by molar-refractivity contribution is -0.133. The maximum Gasteiger partial charge on any atom is 0.412 e. The number of benzene rings is 2. The van der Waals surface area contributed by atoms with E-state index in [9.17, 15) is 19.2 Å². The van der Waals surface area contributed by atoms with Crippen molar-refractivity contribution in [2.75, 3.05) is 30.4 Å². The van der Waals surface area contributed by atoms with Crippen molar-refractivity contribution in [3.63, 3.8) is 0 Å². The Labute approximate surface area is 222 Å². The molecule has 12 heteroatoms. The number of anilines is 2. The summed E-state index contributed by atoms with van der Waals surface area (Å²) in [5.74, 6) is -1.22. The van der Waals surface area contributed by atoms with Crippen molar-refractivity contribution in [3.05, 3.63) is 58.4 Å². The molecule has 3 aliphatic rings. The monoisotopic (exact) mass is 544 g/mol. The molecule has 2 aromatic rings. The molecule has 4 amide bonds. The van der Waals surface area contributed by atoms with Crippen LogP contribution in [0.4, 0.5) is 25.4 Å². The Morgan fingerprint density at radius 2 is 1.97 bits per heavy atom. The van der Waals surface area contributed by atoms with Gasteiger partial charge in [0, 0.05) is 31.3 Å². The van der Waals surface area contributed by atoms with E-state index in [2.05, 4.69) is 10.6 Å². The Hall–Kier alpha value is -3.86. The Bertz CT molecular complexity index is 1320. The highest BCUT2D eigenvalue weighted by molar-refractivity contribution is 6.31. The van der Waals surface area contributed by atoms with Gasteiger partial charge in [0.25, 0.3) is 5.91 Å². The van der Waals surface area contributed by atoms with E-state index in [0.29, 0.717) is 18.0 Å². The number of hydrogen-bond donors (Lipinski definition) is 3. The van der Waals surface area contributed by atoms with Gasteiger partial charge >= 0.3 is 12.2 Å². The molecular weight excluding hydrogens is 519 g/mol. The molecule has 2 heterocycles. The molecule has 1 spiro atoms. The number of hydrogen-bond acceptors (Lipinski definition) is 5. The van der Waals surface area contributed by atoms with Crippen LogP contribution < -0.4 is 15.5 Å². The topological polar surface area (TPSA) is 128 Å². The fraction of sp³-hybridized carbons (Fsp3) is 0.385. The van der Waals surface area contributed by atoms with Crippen LogP contribution in [0.15, 0.2) is 36.4 Å². The lowest BCUT2D eigenvalue weighted by atomic mass is 9.89. The minimum Gasteiger partial charge on any atom is -0.465 e. The molecule has 1 saturated heterocycles. The highest BCUT2D eigenvalue weighted by Gasteiger charge is 2.51. The summed E-state index contributed by atoms with van der Waals surface area (Å²) in [6.45, 7) is 0.127. The largest absolute Gasteiger partial charge is 0.465 e. The molecule has 0 bridgehead atoms. The van der Waals surface area contributed by atoms with E-state index >= 15 is 4.39 Å². The van der Waals surface area contributed by atoms with Gasteiger partial charge in [-0.1, -0.05) is 24.4 Å². The van der Waals surface area contributed by atoms with Gasteiger partial charge in [-0.2, -0.15) is 0 Å². The summed E-state index contributed by atoms with van der Waals surface area (Å²) in [5.41, 5.74) is -0.364. The molecule has 5 rings (SSSR count). The number of halogens is 2. The van der Waals surface area contributed by atoms with Crippen LogP contribution in [0.3, 0.4) is 0 Å². The number of carboxylic acid groups (broad SMARTS) is 1. The molecule has 38 heavy (non-hydrogen) atoms. The molecule has 0 unspecified atom stereocenters. The first-order valence-corrected chi connectivity index (χ1v) is 12.6. The summed E-state index contributed by atoms with van der Waals surface area (Å²) in [4.78, 5) is 52.6. The van der Waals surface area contributed by atoms with Gasteiger partial charge in [-0.25, -0.2) is 14.0 Å². The lowest BCUT2D eigenvalue weighted by Crippen LogP contribution is -2.50. The molecule has 1 saturated carbocycles. The number of nitrogens with one attached hydrogen (secondary N) is 2. The Morgan fingerprint density at radius 3 is 2.63 bits per heavy atom. The van der Waals surface area contributed by atoms with Crippen LogP contribution in [0.25, 0.3) is 0 Å². The summed E-state index contributed by atoms with van der Waals surface area (Å²) >= 11 is 6.01. The third-order valence-corrected chi connectivity index (χ3v) is 7.58. The Balaban J connectivity index is 1.34. The van der Waals surface area contributed by atoms with Crippen LogP contribution in [0, 0.1) is 11.7 Å². The van der Waals surface area contributed by atoms with E-state index in [1.54, 1.807) is 0 Å². The molecule has 0 aromatic heterocycles. The van der Waals surface area contributed by atoms with Gasteiger partial charge in [0.1, 0.15) is 6.04 Å². The standard InChI is InChI=1S/C26H26ClFN4O6/c1-31(25(36)37)16-6-4-15(5-7-16)22(33)29-19(12-14-2-3-14)23(34)32-11-10-26(13-32)20-18(30-24(35)38-26)9-8-17(27)21(20)28/h4-9,14,19H,2-3,10-13H2,1H3,(H,29,33)(H,30,35)(H,36,37)/t19-,26-/m0/s1. The van der Waals surface area contributed by atoms with Gasteiger partial charge in [0.2, 0.25) is 5.91 Å². The van der Waals surface area contributed by atoms with Crippen molar-refractivity contribution in [1.29, 1.82) is 0 Å². The number of rotatable bonds is 6. The van der Waals surface area contributed by atoms with Crippen LogP contribution in [0.1, 0.15) is 41.6 Å². The highest BCUT2D eigenvalue weighted by atomic mass is 35.5. The van der Waals surface area contributed by atoms with E-state index in [0.717, 1.165) is 17.7 Å². The van der Waals surface area contributed by atoms with Gasteiger partial charge < -0.3 is 20.1 Å². The quantitative estimate of drug-likeness (QED) is 0.500. The number of likely N-dealkylation sites (tertiary alicyclic amines) is 1. The van der Waals surface area contributed by atoms with Crippen LogP contribution in [0.5, 0.6) is 0 Å². The molecule has 1 aliphatic carbocycles. The molecule has 2 fully saturated rings. The van der Waals surface area contributed by atoms with E-state index in [-0.39, 0.29) is 47.3 Å². The normalized spacial score (nSPS) is 20.8. The fourth-order valence-electron chi connectivity index (χ4n) is 5.04. The third kappa shape index (κ3) is 4.85. The summed E-state index contributed by atoms with van der Waals surface area (Å²) in [7, 11) is 1.39. The van der Waals surface area contributed by atoms with E-state index in [1.165, 1.54) is 48.3 Å². The van der Waals surface area contributed by atoms with E-state index < -0.39 is 35.6 Å². The van der Waals surface area contributed by atoms with E-state index in [1.807, 2.05) is 0 Å². The van der Waals surface area contributed by atoms with Crippen molar-refractivity contribution in [2.45, 2.75) is 37.3 Å². The maximum atomic E-state index is 15.1. The molecule has 2 aromatic carbocycles. The summed E-state index contributed by atoms with van der Waals surface area (Å²) < 4.78 is 20.7. The number of nitrogens with zero attached hydrogens (tertiary/aromatic N) is 2. The molecule has 200 valence electrons. The SMILES string of the molecule is CN(C(=O)O)c1ccc(C(=O)N[C@@H](CC2CC2)C(=O)N2CC[C@@]3(C2)OC(=O)Nc2ccc(Cl)c(F)c23)cc1. The van der Waals surface area contributed by atoms with Crippen LogP contribution >= 0.6 is 11.6 Å². The smallest absolute Gasteiger partial charge is 0.412 e. The summed E-state index contributed by atoms with van der Waals surface area (Å²) in [6, 6.07) is 8.02. The Morgan fingerprint density at radius 1 is 1.26 bits per heavy atom. The van der Waals surface area contributed by atoms with Gasteiger partial charge in [0.15, 0.2) is 11.4 Å². The van der Waals surface area contributed by atoms with Crippen molar-refractivity contribution in [1.82, 2.24) is 10.2 Å². The summed E-state index contributed by atoms with van der Waals surface area (Å²) in [5, 5.41) is 14.3. The Kier molecular flexibility index (Phi) is 6.64. The van der Waals surface area contributed by atoms with Crippen molar-refractivity contribution in [3.8, 4) is 0 Å². The molecule has 10 nitrogen and oxygen atoms in total. The number of carbonyl (C=O) groups excluding carboxylic acids is 3. The van der Waals surface area contributed by atoms with Gasteiger partial charge in [-0.15, -0.1) is 0 Å². The second kappa shape index (κ2) is 9.79. The van der Waals surface area contributed by atoms with Crippen molar-refractivity contribution < 1.29 is 33.4 Å². The zero-order valence-corrected chi connectivity index (χ0v) is 21.3. The number of amides is 4.